The predicted octanol–water partition coefficient (Wildman–Crippen LogP) is 3.93. The molecule has 0 spiro atoms. The van der Waals surface area contributed by atoms with Crippen LogP contribution in [0.1, 0.15) is 187 Å². The van der Waals surface area contributed by atoms with E-state index in [2.05, 4.69) is 64.6 Å². The minimum Gasteiger partial charge on any atom is -0.784 e. The minimum absolute atomic E-state index is 0.00887. The average Bonchev–Trinajstić information content (AvgIpc) is 1.16. The highest BCUT2D eigenvalue weighted by Gasteiger charge is 2.56. The van der Waals surface area contributed by atoms with Gasteiger partial charge in [-0.1, -0.05) is 104 Å². The van der Waals surface area contributed by atoms with Crippen LogP contribution in [-0.4, -0.2) is 184 Å². The third kappa shape index (κ3) is 22.1. The molecular formula is C72H111N13O16-2. The number of amides is 11. The number of hydrogen-bond donors (Lipinski definition) is 11. The Kier molecular flexibility index (Phi) is 28.2. The highest BCUT2D eigenvalue weighted by Crippen LogP contribution is 2.46. The molecule has 2 fully saturated rings. The van der Waals surface area contributed by atoms with Gasteiger partial charge in [0.25, 0.3) is 0 Å². The Labute approximate surface area is 594 Å². The maximum atomic E-state index is 14.6. The second-order valence-corrected chi connectivity index (χ2v) is 31.8. The third-order valence-corrected chi connectivity index (χ3v) is 18.7. The normalized spacial score (nSPS) is 19.9. The van der Waals surface area contributed by atoms with Gasteiger partial charge in [0, 0.05) is 28.1 Å². The molecule has 0 aromatic heterocycles. The summed E-state index contributed by atoms with van der Waals surface area (Å²) in [5.41, 5.74) is -6.09. The molecule has 0 bridgehead atoms. The zero-order valence-electron chi connectivity index (χ0n) is 62.4. The predicted molar refractivity (Wildman–Crippen MR) is 380 cm³/mol. The van der Waals surface area contributed by atoms with E-state index in [1.54, 1.807) is 90.0 Å². The van der Waals surface area contributed by atoms with Crippen LogP contribution >= 0.6 is 0 Å². The lowest BCUT2D eigenvalue weighted by molar-refractivity contribution is -0.146. The number of nitrogens with zero attached hydrogens (tertiary/aromatic N) is 2. The maximum Gasteiger partial charge on any atom is 0.408 e. The topological polar surface area (TPSA) is 408 Å². The average molecular weight is 1410 g/mol. The maximum absolute atomic E-state index is 14.6. The van der Waals surface area contributed by atoms with Gasteiger partial charge in [0.15, 0.2) is 0 Å². The standard InChI is InChI=1S/C72H111N13O16/c1-20-44(8)57(60(92)79-52(30-43(6)7)61(93)100-19)80-56(89)35-76-63(95)71(37-66(9,10)84(98)67(11,12)38-71)82-59(91)51(29-42(4)5)78-54(87)33-73-53(86)32-74-62(94)70(17,18)81-58(90)50(28-41(2)3)77-55(88)34-75-64(96)72(39-68(13,14)85(99)69(15,16)40-72)83-65(97)101-36-46-25-23-27-48-47-26-22-21-24-45(47)31-49(46)48/h21-27,31,41-44,46,50-52,57H,20,28-30,32-40H2,1-19H3,(H,73,86)(H,74,94)(H,75,96)(H,76,95)(H,77,88)(H,78,87)(H,79,92)(H,80,89)(H,81,90)(H,82,91)(H,83,97)/q-2/t44-,46?,50-,51-,52-,57-/m0/s1. The van der Waals surface area contributed by atoms with Crippen LogP contribution in [0.25, 0.3) is 11.6 Å². The van der Waals surface area contributed by atoms with E-state index in [0.717, 1.165) is 32.4 Å². The highest BCUT2D eigenvalue weighted by atomic mass is 16.6. The van der Waals surface area contributed by atoms with E-state index in [9.17, 15) is 67.9 Å². The van der Waals surface area contributed by atoms with Gasteiger partial charge in [-0.25, -0.2) is 9.59 Å². The van der Waals surface area contributed by atoms with Crippen LogP contribution in [0.3, 0.4) is 0 Å². The molecule has 29 nitrogen and oxygen atoms in total. The van der Waals surface area contributed by atoms with Crippen LogP contribution in [0.2, 0.25) is 0 Å². The summed E-state index contributed by atoms with van der Waals surface area (Å²) in [5, 5.41) is 57.9. The molecule has 101 heavy (non-hydrogen) atoms. The first kappa shape index (κ1) is 83.4. The fourth-order valence-corrected chi connectivity index (χ4v) is 14.3. The lowest BCUT2D eigenvalue weighted by Gasteiger charge is -2.62. The van der Waals surface area contributed by atoms with E-state index in [1.807, 2.05) is 63.3 Å². The number of carbonyl (C=O) groups excluding carboxylic acids is 12. The van der Waals surface area contributed by atoms with Crippen molar-refractivity contribution < 1.29 is 67.0 Å². The second kappa shape index (κ2) is 34.1. The zero-order chi connectivity index (χ0) is 76.1. The Morgan fingerprint density at radius 1 is 0.574 bits per heavy atom. The summed E-state index contributed by atoms with van der Waals surface area (Å²) in [6.45, 7) is 27.5. The molecule has 5 rings (SSSR count). The van der Waals surface area contributed by atoms with Crippen molar-refractivity contribution in [1.82, 2.24) is 68.6 Å². The number of hydroxylamine groups is 4. The Balaban J connectivity index is 1.18. The number of carbonyl (C=O) groups is 12. The van der Waals surface area contributed by atoms with E-state index >= 15 is 0 Å². The Bertz CT molecular complexity index is 3320. The molecule has 11 amide bonds. The smallest absolute Gasteiger partial charge is 0.408 e. The number of allylic oxidation sites excluding steroid dienone is 3. The number of methoxy groups -OCH3 is 1. The molecule has 11 N–H and O–H groups in total. The summed E-state index contributed by atoms with van der Waals surface area (Å²) in [6, 6.07) is 3.28. The molecule has 562 valence electrons. The molecule has 0 saturated carbocycles. The van der Waals surface area contributed by atoms with Crippen molar-refractivity contribution in [3.05, 3.63) is 69.6 Å². The summed E-state index contributed by atoms with van der Waals surface area (Å²) in [5.74, 6) is -9.60. The molecule has 4 aliphatic rings. The first-order valence-electron chi connectivity index (χ1n) is 34.9. The van der Waals surface area contributed by atoms with Crippen LogP contribution in [0, 0.1) is 40.0 Å². The molecule has 29 heteroatoms. The van der Waals surface area contributed by atoms with Crippen molar-refractivity contribution in [3.8, 4) is 0 Å². The van der Waals surface area contributed by atoms with Crippen LogP contribution in [0.4, 0.5) is 4.79 Å². The van der Waals surface area contributed by atoms with Crippen molar-refractivity contribution in [2.75, 3.05) is 39.9 Å². The molecule has 2 aliphatic carbocycles. The van der Waals surface area contributed by atoms with Crippen molar-refractivity contribution in [1.29, 1.82) is 0 Å². The molecule has 1 unspecified atom stereocenters. The number of ether oxygens (including phenoxy) is 2. The number of piperidine rings is 2. The van der Waals surface area contributed by atoms with E-state index < -0.39 is 166 Å². The first-order chi connectivity index (χ1) is 46.7. The van der Waals surface area contributed by atoms with E-state index in [1.165, 1.54) is 21.0 Å². The van der Waals surface area contributed by atoms with E-state index in [-0.39, 0.29) is 75.2 Å². The Morgan fingerprint density at radius 2 is 1.03 bits per heavy atom. The Morgan fingerprint density at radius 3 is 1.52 bits per heavy atom. The lowest BCUT2D eigenvalue weighted by Crippen LogP contribution is -2.73. The van der Waals surface area contributed by atoms with Gasteiger partial charge in [-0.05, 0) is 166 Å². The number of fused-ring (bicyclic) bond motifs is 3. The van der Waals surface area contributed by atoms with Crippen molar-refractivity contribution in [3.63, 3.8) is 0 Å². The quantitative estimate of drug-likeness (QED) is 0.0455. The molecule has 2 aliphatic heterocycles. The van der Waals surface area contributed by atoms with Crippen molar-refractivity contribution in [2.45, 2.75) is 239 Å². The molecule has 6 atom stereocenters. The molecule has 1 aromatic carbocycles. The third-order valence-electron chi connectivity index (χ3n) is 18.7. The minimum atomic E-state index is -1.84. The van der Waals surface area contributed by atoms with Gasteiger partial charge in [0.05, 0.1) is 33.3 Å². The molecule has 2 saturated heterocycles. The van der Waals surface area contributed by atoms with Crippen LogP contribution in [-0.2, 0) is 62.2 Å². The van der Waals surface area contributed by atoms with E-state index in [0.29, 0.717) is 6.42 Å². The fraction of sp³-hybridized carbons (Fsp3) is 0.667. The Hall–Kier alpha value is -8.28. The molecular weight excluding hydrogens is 1300 g/mol. The number of rotatable bonds is 32. The zero-order valence-corrected chi connectivity index (χ0v) is 62.4. The fourth-order valence-electron chi connectivity index (χ4n) is 14.3. The summed E-state index contributed by atoms with van der Waals surface area (Å²) in [4.78, 5) is 166. The summed E-state index contributed by atoms with van der Waals surface area (Å²) < 4.78 is 10.7. The summed E-state index contributed by atoms with van der Waals surface area (Å²) in [6.07, 6.45) is 7.03. The molecule has 1 aromatic rings. The summed E-state index contributed by atoms with van der Waals surface area (Å²) in [7, 11) is 1.20. The number of hydrogen-bond acceptors (Lipinski definition) is 18. The van der Waals surface area contributed by atoms with Gasteiger partial charge in [-0.15, -0.1) is 0 Å². The number of esters is 1. The SMILES string of the molecule is CC[C@H](C)[C@H](NC(=O)CNC(=O)C1(NC(=O)[C@H](CC(C)C)NC(=O)CNC(=O)CNC(=O)C(C)(C)NC(=O)[C@H](CC(C)C)NC(=O)CNC(=O)C2(NC(=O)OCC3C=CC=C4C3=Cc3ccccc34)CC(C)(C)N([O-])C(C)(C)C2)CC(C)(C)N([O-])C(C)(C)C1)C(=O)N[C@@H](CC(C)C)C(=O)OC. The number of benzene rings is 1. The van der Waals surface area contributed by atoms with Crippen molar-refractivity contribution in [2.24, 2.45) is 29.6 Å². The van der Waals surface area contributed by atoms with Gasteiger partial charge in [-0.3, -0.25) is 47.9 Å². The lowest BCUT2D eigenvalue weighted by atomic mass is 9.69. The van der Waals surface area contributed by atoms with Crippen LogP contribution < -0.4 is 58.5 Å². The van der Waals surface area contributed by atoms with Crippen LogP contribution in [0.5, 0.6) is 0 Å². The first-order valence-corrected chi connectivity index (χ1v) is 34.9. The number of alkyl carbamates (subject to hydrolysis) is 1. The molecule has 2 heterocycles. The van der Waals surface area contributed by atoms with E-state index in [4.69, 9.17) is 9.47 Å². The highest BCUT2D eigenvalue weighted by molar-refractivity contribution is 6.00. The van der Waals surface area contributed by atoms with Crippen LogP contribution in [0.15, 0.2) is 48.1 Å². The van der Waals surface area contributed by atoms with Gasteiger partial charge in [-0.2, -0.15) is 0 Å². The van der Waals surface area contributed by atoms with Gasteiger partial charge in [0.1, 0.15) is 47.4 Å². The number of nitrogens with one attached hydrogen (secondary N) is 11. The molecule has 0 radical (unpaired) electrons. The summed E-state index contributed by atoms with van der Waals surface area (Å²) >= 11 is 0. The van der Waals surface area contributed by atoms with Gasteiger partial charge >= 0.3 is 12.1 Å². The monoisotopic (exact) mass is 1410 g/mol. The largest absolute Gasteiger partial charge is 0.784 e. The van der Waals surface area contributed by atoms with Gasteiger partial charge in [0.2, 0.25) is 59.1 Å². The van der Waals surface area contributed by atoms with Gasteiger partial charge < -0.3 is 88.5 Å². The van der Waals surface area contributed by atoms with Crippen molar-refractivity contribution >= 4 is 82.8 Å². The second-order valence-electron chi connectivity index (χ2n) is 31.8.